The van der Waals surface area contributed by atoms with Crippen LogP contribution in [0.25, 0.3) is 0 Å². The summed E-state index contributed by atoms with van der Waals surface area (Å²) >= 11 is 7.50. The minimum atomic E-state index is -0.230. The van der Waals surface area contributed by atoms with Crippen molar-refractivity contribution < 1.29 is 178 Å². The Morgan fingerprint density at radius 3 is 1.11 bits per heavy atom. The third-order valence-electron chi connectivity index (χ3n) is 19.1. The molecule has 0 radical (unpaired) electrons. The van der Waals surface area contributed by atoms with Gasteiger partial charge in [-0.3, -0.25) is 9.79 Å². The second-order valence-corrected chi connectivity index (χ2v) is 29.5. The first-order valence-electron chi connectivity index (χ1n) is 44.0. The van der Waals surface area contributed by atoms with Gasteiger partial charge in [0.1, 0.15) is 0 Å². The number of nitrogens with one attached hydrogen (secondary N) is 2. The summed E-state index contributed by atoms with van der Waals surface area (Å²) in [5, 5.41) is 43.2. The van der Waals surface area contributed by atoms with Gasteiger partial charge in [0.2, 0.25) is 0 Å². The van der Waals surface area contributed by atoms with E-state index in [9.17, 15) is 24.9 Å². The quantitative estimate of drug-likeness (QED) is 0.00934. The predicted molar refractivity (Wildman–Crippen MR) is 457 cm³/mol. The fourth-order valence-corrected chi connectivity index (χ4v) is 11.8. The maximum atomic E-state index is 11.8. The standard InChI is InChI=1S/C22H38N2O3.C20H29NO3.C18H29NO2.C13H21NO.C8H19NO.2CH4.8K.4H2.2H/c1-21(2,17-25)13-7-9-15-23-20(27)24-16-10-8-14-22(3,18-26)19-11-5-4-6-12-19;1-20(18-9-3-2-4-10-18,12-6-7-13-21-14-15-22)17-24-19-11-5-8-16-23-19;1-18(12-6-7-13-19,16-9-3-2-4-10-16)15-21-17-11-5-8-14-20-17;1-13(11-15,9-5-6-10-14)12-7-3-2-4-8-12;1-8(2,7-10)5-3-4-6-9;;;;;;;;;;;;;;;;/h4-6,11-12,25-26H,7-10,13-18H2,1-3H3,(H2,23,24,27);2-4,9-10,14-15,19H,5-8,11-13,16-17H2,1H3;2-4,9-10,17H,5-8,11-15,19H2,1H3;2-4,7-8,15H,5-6,9-11,14H2,1H3;10H,3-7,9H2,1-2H3;2*1H4;;;;;;;;;4*1H;;/q;;;;;;;;;;;;;2*+1;;;;;2*-1/p+2/i;;;;;;;;;;;;;;;4*1+1D;;. The zero-order valence-electron chi connectivity index (χ0n) is 79.9. The van der Waals surface area contributed by atoms with Crippen LogP contribution in [0.4, 0.5) is 4.79 Å². The maximum absolute atomic E-state index is 11.8. The number of benzene rings is 4. The number of aliphatic hydroxyl groups excluding tert-OH is 4. The Kier molecular flexibility index (Phi) is 91.6. The first kappa shape index (κ1) is 117. The van der Waals surface area contributed by atoms with E-state index in [4.69, 9.17) is 41.7 Å². The Morgan fingerprint density at radius 2 is 0.813 bits per heavy atom. The van der Waals surface area contributed by atoms with Gasteiger partial charge in [0, 0.05) is 79.6 Å². The summed E-state index contributed by atoms with van der Waals surface area (Å²) in [6.45, 7) is 25.7. The van der Waals surface area contributed by atoms with Crippen molar-refractivity contribution in [3.05, 3.63) is 144 Å². The number of ether oxygens (including phenoxy) is 4. The number of nitrogens with zero attached hydrogens (tertiary/aromatic N) is 1. The molecule has 0 aliphatic carbocycles. The number of rotatable bonds is 42. The van der Waals surface area contributed by atoms with Gasteiger partial charge in [-0.05, 0) is 168 Å². The molecule has 14 N–H and O–H groups in total. The Labute approximate surface area is 890 Å². The Morgan fingerprint density at radius 1 is 0.505 bits per heavy atom. The number of aliphatic hydroxyl groups is 4. The van der Waals surface area contributed by atoms with Crippen LogP contribution in [0.2, 0.25) is 0 Å². The zero-order chi connectivity index (χ0) is 85.4. The molecule has 2 aliphatic rings. The molecule has 4 aromatic carbocycles. The van der Waals surface area contributed by atoms with Crippen LogP contribution < -0.4 is 131 Å². The number of unbranched alkanes of at least 4 members (excludes halogenated alkanes) is 6. The third-order valence-corrected chi connectivity index (χ3v) is 19.1. The monoisotopic (exact) mass is 1720 g/mol. The van der Waals surface area contributed by atoms with Crippen LogP contribution in [0.15, 0.2) is 126 Å². The minimum absolute atomic E-state index is 0. The number of quaternary nitrogens is 2. The van der Waals surface area contributed by atoms with Gasteiger partial charge in [-0.2, -0.15) is 0 Å². The van der Waals surface area contributed by atoms with Crippen LogP contribution in [0.1, 0.15) is 261 Å². The molecule has 6 atom stereocenters. The van der Waals surface area contributed by atoms with E-state index in [-0.39, 0.29) is 198 Å². The molecule has 16 nitrogen and oxygen atoms in total. The van der Waals surface area contributed by atoms with Crippen LogP contribution in [0, 0.1) is 10.8 Å². The van der Waals surface area contributed by atoms with Gasteiger partial charge in [-0.1, -0.05) is 217 Å². The average molecular weight is 1720 g/mol. The molecule has 6 rings (SSSR count). The van der Waals surface area contributed by atoms with Crippen LogP contribution in [0.5, 0.6) is 0 Å². The van der Waals surface area contributed by atoms with E-state index < -0.39 is 0 Å². The van der Waals surface area contributed by atoms with Gasteiger partial charge < -0.3 is 70.1 Å². The van der Waals surface area contributed by atoms with Crippen molar-refractivity contribution in [2.45, 2.75) is 259 Å². The van der Waals surface area contributed by atoms with Gasteiger partial charge in [-0.15, -0.1) is 0 Å². The molecular formula is C83H156K8N6O10+2. The van der Waals surface area contributed by atoms with Gasteiger partial charge in [-0.25, -0.2) is 4.79 Å². The molecule has 0 bridgehead atoms. The number of nitrogens with two attached hydrogens (primary N) is 1. The molecule has 0 saturated carbocycles. The molecule has 2 aliphatic heterocycles. The fraction of sp³-hybridized carbons (Fsp3) is 0.675. The van der Waals surface area contributed by atoms with Gasteiger partial charge in [0.25, 0.3) is 0 Å². The second kappa shape index (κ2) is 83.7. The summed E-state index contributed by atoms with van der Waals surface area (Å²) in [5.74, 6) is 0. The number of hydrogen-bond donors (Lipinski definition) is 9. The van der Waals surface area contributed by atoms with Crippen molar-refractivity contribution in [1.82, 2.24) is 10.6 Å². The van der Waals surface area contributed by atoms with E-state index >= 15 is 0 Å². The summed E-state index contributed by atoms with van der Waals surface area (Å²) in [6, 6.07) is 41.6. The van der Waals surface area contributed by atoms with E-state index in [0.29, 0.717) is 26.2 Å². The number of hydrogen-bond acceptors (Lipinski definition) is 12. The molecule has 0 spiro atoms. The van der Waals surface area contributed by atoms with E-state index in [1.165, 1.54) is 244 Å². The van der Waals surface area contributed by atoms with E-state index in [1.807, 2.05) is 56.3 Å². The normalized spacial score (nSPS) is 16.2. The SMILES string of the molecule is C.C.CC(C)(CO)CCCCN.CC(C)(CO)CCCCNC(=O)NCCCCC(C)(CO)c1ccccc1.CC(CCCCN=CC=O)(COC1CCCCO1)c1ccccc1.CC(CCCC[NH3+])(COC1CCCCO1)c1ccccc1.CC(CO)(CCCC[NH3+])c1ccccc1.[2H][2H].[2H][2H].[2H][2H].[2H][2H].[H-].[H-].[K+].[K+].[K][K].[K][K].[K][K]. The van der Waals surface area contributed by atoms with Crippen molar-refractivity contribution in [3.8, 4) is 0 Å². The molecule has 2 amide bonds. The molecule has 107 heavy (non-hydrogen) atoms. The number of carbonyl (C=O) groups excluding carboxylic acids is 2. The molecule has 584 valence electrons. The summed E-state index contributed by atoms with van der Waals surface area (Å²) in [6.07, 6.45) is 27.5. The topological polar surface area (TPSA) is 270 Å². The second-order valence-electron chi connectivity index (χ2n) is 29.5. The molecular weight excluding hydrogens is 1550 g/mol. The number of urea groups is 1. The van der Waals surface area contributed by atoms with E-state index in [1.54, 1.807) is 0 Å². The number of amides is 2. The van der Waals surface area contributed by atoms with E-state index in [2.05, 4.69) is 147 Å². The summed E-state index contributed by atoms with van der Waals surface area (Å²) in [4.78, 5) is 26.1. The Hall–Kier alpha value is 8.14. The first-order valence-corrected chi connectivity index (χ1v) is 88.0. The number of aliphatic imine (C=N–C) groups is 1. The van der Waals surface area contributed by atoms with Crippen molar-refractivity contribution in [3.63, 3.8) is 0 Å². The summed E-state index contributed by atoms with van der Waals surface area (Å²) < 4.78 is 63.6. The summed E-state index contributed by atoms with van der Waals surface area (Å²) in [7, 11) is 0. The molecule has 4 aromatic rings. The zero-order valence-corrected chi connectivity index (χ0v) is 94.9. The van der Waals surface area contributed by atoms with Crippen molar-refractivity contribution in [1.29, 1.82) is 0 Å². The summed E-state index contributed by atoms with van der Waals surface area (Å²) in [5.41, 5.74) is 18.0. The van der Waals surface area contributed by atoms with E-state index in [0.717, 1.165) is 173 Å². The van der Waals surface area contributed by atoms with Gasteiger partial charge >= 0.3 is 298 Å². The fourth-order valence-electron chi connectivity index (χ4n) is 11.8. The molecule has 2 heterocycles. The molecule has 24 heteroatoms. The third kappa shape index (κ3) is 64.5. The molecule has 6 unspecified atom stereocenters. The van der Waals surface area contributed by atoms with Crippen LogP contribution >= 0.6 is 0 Å². The molecule has 2 fully saturated rings. The molecule has 0 aromatic heterocycles. The van der Waals surface area contributed by atoms with Gasteiger partial charge in [0.05, 0.1) is 45.7 Å². The number of carbonyl (C=O) groups is 2. The van der Waals surface area contributed by atoms with Crippen molar-refractivity contribution in [2.75, 3.05) is 92.1 Å². The van der Waals surface area contributed by atoms with Crippen molar-refractivity contribution >= 4 is 208 Å². The van der Waals surface area contributed by atoms with Crippen LogP contribution in [0.3, 0.4) is 0 Å². The predicted octanol–water partition coefficient (Wildman–Crippen LogP) is 7.11. The number of aldehydes is 1. The molecule has 2 saturated heterocycles. The van der Waals surface area contributed by atoms with Crippen LogP contribution in [-0.4, -0.2) is 333 Å². The van der Waals surface area contributed by atoms with Crippen molar-refractivity contribution in [2.24, 2.45) is 21.6 Å². The average Bonchev–Trinajstić information content (AvgIpc) is 0.842. The van der Waals surface area contributed by atoms with Crippen LogP contribution in [-0.2, 0) is 45.4 Å². The Bertz CT molecular complexity index is 2630. The first-order chi connectivity index (χ1) is 53.7. The Balaban J connectivity index is -0.000000114. The van der Waals surface area contributed by atoms with Gasteiger partial charge in [0.15, 0.2) is 18.9 Å².